The van der Waals surface area contributed by atoms with Crippen LogP contribution in [0.15, 0.2) is 72.9 Å². The Labute approximate surface area is 168 Å². The second kappa shape index (κ2) is 9.27. The lowest BCUT2D eigenvalue weighted by atomic mass is 10.2. The summed E-state index contributed by atoms with van der Waals surface area (Å²) in [7, 11) is 0. The van der Waals surface area contributed by atoms with Crippen LogP contribution in [0.25, 0.3) is 0 Å². The Morgan fingerprint density at radius 1 is 0.828 bits per heavy atom. The Morgan fingerprint density at radius 3 is 2.14 bits per heavy atom. The molecule has 1 aromatic heterocycles. The van der Waals surface area contributed by atoms with E-state index in [0.717, 1.165) is 5.56 Å². The van der Waals surface area contributed by atoms with Crippen LogP contribution in [-0.4, -0.2) is 22.7 Å². The van der Waals surface area contributed by atoms with Crippen molar-refractivity contribution >= 4 is 29.1 Å². The van der Waals surface area contributed by atoms with Crippen molar-refractivity contribution < 1.29 is 14.4 Å². The normalized spacial score (nSPS) is 10.1. The predicted octanol–water partition coefficient (Wildman–Crippen LogP) is 3.22. The summed E-state index contributed by atoms with van der Waals surface area (Å²) in [4.78, 5) is 39.9. The molecule has 3 aromatic rings. The molecule has 0 saturated heterocycles. The second-order valence-electron chi connectivity index (χ2n) is 6.31. The van der Waals surface area contributed by atoms with Crippen molar-refractivity contribution in [3.8, 4) is 0 Å². The molecule has 0 fully saturated rings. The number of nitrogens with zero attached hydrogens (tertiary/aromatic N) is 1. The van der Waals surface area contributed by atoms with Gasteiger partial charge in [0.2, 0.25) is 5.91 Å². The molecule has 0 aliphatic rings. The van der Waals surface area contributed by atoms with Gasteiger partial charge in [-0.3, -0.25) is 19.4 Å². The number of aromatic nitrogens is 1. The maximum Gasteiger partial charge on any atom is 0.274 e. The number of pyridine rings is 1. The third kappa shape index (κ3) is 5.74. The third-order valence-electron chi connectivity index (χ3n) is 4.01. The number of anilines is 2. The van der Waals surface area contributed by atoms with E-state index < -0.39 is 5.91 Å². The molecule has 0 atom stereocenters. The number of amides is 3. The van der Waals surface area contributed by atoms with Gasteiger partial charge in [-0.05, 0) is 42.0 Å². The molecule has 0 unspecified atom stereocenters. The van der Waals surface area contributed by atoms with Crippen molar-refractivity contribution in [3.63, 3.8) is 0 Å². The Morgan fingerprint density at radius 2 is 1.48 bits per heavy atom. The van der Waals surface area contributed by atoms with Gasteiger partial charge in [-0.2, -0.15) is 0 Å². The molecule has 7 nitrogen and oxygen atoms in total. The van der Waals surface area contributed by atoms with Gasteiger partial charge in [0.25, 0.3) is 11.8 Å². The smallest absolute Gasteiger partial charge is 0.274 e. The minimum Gasteiger partial charge on any atom is -0.348 e. The fourth-order valence-electron chi connectivity index (χ4n) is 2.61. The SMILES string of the molecule is CC(=O)Nc1ccc(NC(=O)c2cc(C(=O)NCc3ccccc3)ccn2)cc1. The summed E-state index contributed by atoms with van der Waals surface area (Å²) in [6.07, 6.45) is 1.42. The Balaban J connectivity index is 1.62. The number of hydrogen-bond acceptors (Lipinski definition) is 4. The summed E-state index contributed by atoms with van der Waals surface area (Å²) in [5, 5.41) is 8.19. The molecule has 3 amide bonds. The van der Waals surface area contributed by atoms with Crippen LogP contribution in [0.5, 0.6) is 0 Å². The van der Waals surface area contributed by atoms with Crippen molar-refractivity contribution in [2.24, 2.45) is 0 Å². The highest BCUT2D eigenvalue weighted by atomic mass is 16.2. The fourth-order valence-corrected chi connectivity index (χ4v) is 2.61. The molecule has 7 heteroatoms. The maximum atomic E-state index is 12.5. The van der Waals surface area contributed by atoms with E-state index in [2.05, 4.69) is 20.9 Å². The number of nitrogens with one attached hydrogen (secondary N) is 3. The van der Waals surface area contributed by atoms with E-state index in [4.69, 9.17) is 0 Å². The zero-order chi connectivity index (χ0) is 20.6. The van der Waals surface area contributed by atoms with Gasteiger partial charge >= 0.3 is 0 Å². The minimum absolute atomic E-state index is 0.128. The van der Waals surface area contributed by atoms with Crippen LogP contribution in [0.1, 0.15) is 33.3 Å². The lowest BCUT2D eigenvalue weighted by Gasteiger charge is -2.08. The van der Waals surface area contributed by atoms with Crippen LogP contribution >= 0.6 is 0 Å². The number of carbonyl (C=O) groups excluding carboxylic acids is 3. The van der Waals surface area contributed by atoms with Gasteiger partial charge in [-0.1, -0.05) is 30.3 Å². The highest BCUT2D eigenvalue weighted by Crippen LogP contribution is 2.14. The molecular formula is C22H20N4O3. The molecule has 0 saturated carbocycles. The lowest BCUT2D eigenvalue weighted by Crippen LogP contribution is -2.23. The summed E-state index contributed by atoms with van der Waals surface area (Å²) >= 11 is 0. The molecule has 3 rings (SSSR count). The molecule has 0 spiro atoms. The van der Waals surface area contributed by atoms with Crippen molar-refractivity contribution in [3.05, 3.63) is 89.7 Å². The summed E-state index contributed by atoms with van der Waals surface area (Å²) in [5.41, 5.74) is 2.64. The Hall–Kier alpha value is -4.00. The Bertz CT molecular complexity index is 1020. The average Bonchev–Trinajstić information content (AvgIpc) is 2.74. The first kappa shape index (κ1) is 19.8. The zero-order valence-corrected chi connectivity index (χ0v) is 15.8. The van der Waals surface area contributed by atoms with Crippen molar-refractivity contribution in [1.29, 1.82) is 0 Å². The fraction of sp³-hybridized carbons (Fsp3) is 0.0909. The van der Waals surface area contributed by atoms with Crippen molar-refractivity contribution in [2.75, 3.05) is 10.6 Å². The standard InChI is InChI=1S/C22H20N4O3/c1-15(27)25-18-7-9-19(10-8-18)26-22(29)20-13-17(11-12-23-20)21(28)24-14-16-5-3-2-4-6-16/h2-13H,14H2,1H3,(H,24,28)(H,25,27)(H,26,29). The van der Waals surface area contributed by atoms with E-state index in [0.29, 0.717) is 23.5 Å². The number of hydrogen-bond donors (Lipinski definition) is 3. The number of rotatable bonds is 6. The minimum atomic E-state index is -0.435. The molecule has 146 valence electrons. The van der Waals surface area contributed by atoms with Gasteiger partial charge in [0.15, 0.2) is 0 Å². The lowest BCUT2D eigenvalue weighted by molar-refractivity contribution is -0.114. The van der Waals surface area contributed by atoms with Gasteiger partial charge < -0.3 is 16.0 Å². The third-order valence-corrected chi connectivity index (χ3v) is 4.01. The van der Waals surface area contributed by atoms with Gasteiger partial charge in [0.1, 0.15) is 5.69 Å². The van der Waals surface area contributed by atoms with Crippen molar-refractivity contribution in [2.45, 2.75) is 13.5 Å². The van der Waals surface area contributed by atoms with Crippen LogP contribution in [0.3, 0.4) is 0 Å². The summed E-state index contributed by atoms with van der Waals surface area (Å²) in [5.74, 6) is -0.895. The Kier molecular flexibility index (Phi) is 6.32. The van der Waals surface area contributed by atoms with Crippen LogP contribution in [0.4, 0.5) is 11.4 Å². The zero-order valence-electron chi connectivity index (χ0n) is 15.8. The van der Waals surface area contributed by atoms with E-state index in [9.17, 15) is 14.4 Å². The van der Waals surface area contributed by atoms with Gasteiger partial charge in [-0.15, -0.1) is 0 Å². The molecule has 29 heavy (non-hydrogen) atoms. The molecule has 1 heterocycles. The van der Waals surface area contributed by atoms with Crippen molar-refractivity contribution in [1.82, 2.24) is 10.3 Å². The molecular weight excluding hydrogens is 368 g/mol. The largest absolute Gasteiger partial charge is 0.348 e. The van der Waals surface area contributed by atoms with Gasteiger partial charge in [-0.25, -0.2) is 0 Å². The van der Waals surface area contributed by atoms with Gasteiger partial charge in [0, 0.05) is 36.6 Å². The summed E-state index contributed by atoms with van der Waals surface area (Å²) in [6, 6.07) is 19.2. The highest BCUT2D eigenvalue weighted by Gasteiger charge is 2.12. The number of carbonyl (C=O) groups is 3. The molecule has 0 aliphatic heterocycles. The first-order valence-electron chi connectivity index (χ1n) is 8.98. The van der Waals surface area contributed by atoms with Crippen LogP contribution in [0.2, 0.25) is 0 Å². The molecule has 3 N–H and O–H groups in total. The van der Waals surface area contributed by atoms with Crippen LogP contribution in [0, 0.1) is 0 Å². The molecule has 0 bridgehead atoms. The van der Waals surface area contributed by atoms with E-state index in [1.54, 1.807) is 30.3 Å². The summed E-state index contributed by atoms with van der Waals surface area (Å²) < 4.78 is 0. The molecule has 0 aliphatic carbocycles. The van der Waals surface area contributed by atoms with Crippen LogP contribution < -0.4 is 16.0 Å². The van der Waals surface area contributed by atoms with Gasteiger partial charge in [0.05, 0.1) is 0 Å². The monoisotopic (exact) mass is 388 g/mol. The topological polar surface area (TPSA) is 100 Å². The molecule has 2 aromatic carbocycles. The van der Waals surface area contributed by atoms with E-state index >= 15 is 0 Å². The first-order chi connectivity index (χ1) is 14.0. The van der Waals surface area contributed by atoms with Crippen LogP contribution in [-0.2, 0) is 11.3 Å². The van der Waals surface area contributed by atoms with E-state index in [1.807, 2.05) is 30.3 Å². The quantitative estimate of drug-likeness (QED) is 0.604. The first-order valence-corrected chi connectivity index (χ1v) is 8.98. The number of benzene rings is 2. The maximum absolute atomic E-state index is 12.5. The second-order valence-corrected chi connectivity index (χ2v) is 6.31. The highest BCUT2D eigenvalue weighted by molar-refractivity contribution is 6.04. The summed E-state index contributed by atoms with van der Waals surface area (Å²) in [6.45, 7) is 1.81. The molecule has 0 radical (unpaired) electrons. The van der Waals surface area contributed by atoms with E-state index in [1.165, 1.54) is 19.2 Å². The average molecular weight is 388 g/mol. The van der Waals surface area contributed by atoms with E-state index in [-0.39, 0.29) is 17.5 Å². The predicted molar refractivity (Wildman–Crippen MR) is 111 cm³/mol.